The molecule has 2 N–H and O–H groups in total. The summed E-state index contributed by atoms with van der Waals surface area (Å²) in [6, 6.07) is 9.64. The number of nitrogens with zero attached hydrogens (tertiary/aromatic N) is 4. The van der Waals surface area contributed by atoms with Crippen molar-refractivity contribution in [1.82, 2.24) is 25.1 Å². The first-order valence-electron chi connectivity index (χ1n) is 14.4. The quantitative estimate of drug-likeness (QED) is 0.424. The van der Waals surface area contributed by atoms with Crippen molar-refractivity contribution in [3.05, 3.63) is 42.1 Å². The minimum Gasteiger partial charge on any atom is -0.474 e. The SMILES string of the molecule is CC(C)(C)OC(=O)CC[C@H](NC(=O)c1cc(OC2CCCC2)nc(-c2ccccc2)n1)C(=O)N1CCN(C(=O)O)CC1. The Morgan fingerprint density at radius 2 is 1.64 bits per heavy atom. The van der Waals surface area contributed by atoms with Crippen LogP contribution >= 0.6 is 0 Å². The summed E-state index contributed by atoms with van der Waals surface area (Å²) in [6.45, 7) is 5.92. The van der Waals surface area contributed by atoms with E-state index in [2.05, 4.69) is 15.3 Å². The molecular weight excluding hydrogens is 542 g/mol. The van der Waals surface area contributed by atoms with Gasteiger partial charge in [-0.3, -0.25) is 14.4 Å². The lowest BCUT2D eigenvalue weighted by atomic mass is 10.1. The van der Waals surface area contributed by atoms with E-state index in [0.717, 1.165) is 25.7 Å². The number of esters is 1. The van der Waals surface area contributed by atoms with E-state index in [-0.39, 0.29) is 56.7 Å². The normalized spacial score (nSPS) is 16.5. The second-order valence-corrected chi connectivity index (χ2v) is 11.6. The lowest BCUT2D eigenvalue weighted by molar-refractivity contribution is -0.155. The number of hydrogen-bond donors (Lipinski definition) is 2. The van der Waals surface area contributed by atoms with Gasteiger partial charge in [-0.2, -0.15) is 4.98 Å². The molecule has 2 aromatic rings. The number of benzene rings is 1. The molecule has 3 amide bonds. The molecule has 4 rings (SSSR count). The molecule has 1 saturated carbocycles. The zero-order valence-corrected chi connectivity index (χ0v) is 24.4. The third kappa shape index (κ3) is 8.64. The van der Waals surface area contributed by atoms with E-state index in [0.29, 0.717) is 11.4 Å². The number of aromatic nitrogens is 2. The standard InChI is InChI=1S/C30H39N5O7/c1-30(2,3)42-25(36)14-13-22(28(38)34-15-17-35(18-16-34)29(39)40)32-27(37)23-19-24(41-21-11-7-8-12-21)33-26(31-23)20-9-5-4-6-10-20/h4-6,9-10,19,21-22H,7-8,11-18H2,1-3H3,(H,32,37)(H,39,40)/t22-/m0/s1. The summed E-state index contributed by atoms with van der Waals surface area (Å²) in [7, 11) is 0. The first-order chi connectivity index (χ1) is 20.0. The molecule has 42 heavy (non-hydrogen) atoms. The highest BCUT2D eigenvalue weighted by Crippen LogP contribution is 2.25. The van der Waals surface area contributed by atoms with Crippen molar-refractivity contribution in [2.45, 2.75) is 77.0 Å². The van der Waals surface area contributed by atoms with Crippen molar-refractivity contribution >= 4 is 23.9 Å². The highest BCUT2D eigenvalue weighted by Gasteiger charge is 2.32. The van der Waals surface area contributed by atoms with E-state index >= 15 is 0 Å². The molecule has 1 aromatic heterocycles. The van der Waals surface area contributed by atoms with E-state index in [1.165, 1.54) is 15.9 Å². The Morgan fingerprint density at radius 3 is 2.26 bits per heavy atom. The minimum absolute atomic E-state index is 0.000683. The smallest absolute Gasteiger partial charge is 0.407 e. The van der Waals surface area contributed by atoms with Gasteiger partial charge in [0, 0.05) is 44.2 Å². The molecule has 0 unspecified atom stereocenters. The van der Waals surface area contributed by atoms with Gasteiger partial charge in [-0.05, 0) is 52.9 Å². The first kappa shape index (κ1) is 30.7. The average molecular weight is 582 g/mol. The summed E-state index contributed by atoms with van der Waals surface area (Å²) in [4.78, 5) is 62.7. The van der Waals surface area contributed by atoms with Gasteiger partial charge in [0.1, 0.15) is 23.4 Å². The number of carboxylic acid groups (broad SMARTS) is 1. The van der Waals surface area contributed by atoms with Crippen LogP contribution in [0.4, 0.5) is 4.79 Å². The van der Waals surface area contributed by atoms with E-state index < -0.39 is 35.5 Å². The van der Waals surface area contributed by atoms with Crippen molar-refractivity contribution in [2.24, 2.45) is 0 Å². The Labute approximate surface area is 245 Å². The van der Waals surface area contributed by atoms with Gasteiger partial charge in [0.15, 0.2) is 5.82 Å². The monoisotopic (exact) mass is 581 g/mol. The molecule has 12 nitrogen and oxygen atoms in total. The molecular formula is C30H39N5O7. The molecule has 1 aromatic carbocycles. The zero-order chi connectivity index (χ0) is 30.3. The number of amides is 3. The summed E-state index contributed by atoms with van der Waals surface area (Å²) in [6.07, 6.45) is 2.80. The second-order valence-electron chi connectivity index (χ2n) is 11.6. The molecule has 0 spiro atoms. The number of piperazine rings is 1. The topological polar surface area (TPSA) is 151 Å². The van der Waals surface area contributed by atoms with Gasteiger partial charge >= 0.3 is 12.1 Å². The lowest BCUT2D eigenvalue weighted by Gasteiger charge is -2.35. The summed E-state index contributed by atoms with van der Waals surface area (Å²) < 4.78 is 11.5. The number of ether oxygens (including phenoxy) is 2. The van der Waals surface area contributed by atoms with Crippen LogP contribution in [0.2, 0.25) is 0 Å². The van der Waals surface area contributed by atoms with Gasteiger partial charge in [-0.1, -0.05) is 30.3 Å². The van der Waals surface area contributed by atoms with E-state index in [1.807, 2.05) is 30.3 Å². The van der Waals surface area contributed by atoms with Gasteiger partial charge in [-0.15, -0.1) is 0 Å². The zero-order valence-electron chi connectivity index (χ0n) is 24.4. The fourth-order valence-corrected chi connectivity index (χ4v) is 4.98. The molecule has 226 valence electrons. The third-order valence-corrected chi connectivity index (χ3v) is 7.08. The van der Waals surface area contributed by atoms with Crippen LogP contribution < -0.4 is 10.1 Å². The number of carbonyl (C=O) groups is 4. The van der Waals surface area contributed by atoms with Gasteiger partial charge in [-0.25, -0.2) is 9.78 Å². The van der Waals surface area contributed by atoms with Gasteiger partial charge < -0.3 is 29.7 Å². The molecule has 1 aliphatic carbocycles. The maximum Gasteiger partial charge on any atom is 0.407 e. The predicted octanol–water partition coefficient (Wildman–Crippen LogP) is 3.51. The van der Waals surface area contributed by atoms with Crippen molar-refractivity contribution in [3.63, 3.8) is 0 Å². The Kier molecular flexibility index (Phi) is 9.97. The average Bonchev–Trinajstić information content (AvgIpc) is 3.47. The Morgan fingerprint density at radius 1 is 1.00 bits per heavy atom. The van der Waals surface area contributed by atoms with E-state index in [9.17, 15) is 24.3 Å². The van der Waals surface area contributed by atoms with Crippen molar-refractivity contribution in [2.75, 3.05) is 26.2 Å². The number of carbonyl (C=O) groups excluding carboxylic acids is 3. The van der Waals surface area contributed by atoms with Crippen LogP contribution in [0.3, 0.4) is 0 Å². The fraction of sp³-hybridized carbons (Fsp3) is 0.533. The largest absolute Gasteiger partial charge is 0.474 e. The van der Waals surface area contributed by atoms with Crippen molar-refractivity contribution < 1.29 is 33.8 Å². The predicted molar refractivity (Wildman–Crippen MR) is 153 cm³/mol. The van der Waals surface area contributed by atoms with Gasteiger partial charge in [0.05, 0.1) is 0 Å². The molecule has 2 heterocycles. The van der Waals surface area contributed by atoms with Crippen LogP contribution in [0.15, 0.2) is 36.4 Å². The number of nitrogens with one attached hydrogen (secondary N) is 1. The molecule has 2 fully saturated rings. The summed E-state index contributed by atoms with van der Waals surface area (Å²) >= 11 is 0. The summed E-state index contributed by atoms with van der Waals surface area (Å²) in [5.41, 5.74) is 0.0391. The number of rotatable bonds is 9. The van der Waals surface area contributed by atoms with Crippen molar-refractivity contribution in [1.29, 1.82) is 0 Å². The van der Waals surface area contributed by atoms with Crippen LogP contribution in [0.5, 0.6) is 5.88 Å². The van der Waals surface area contributed by atoms with Crippen LogP contribution in [0.25, 0.3) is 11.4 Å². The lowest BCUT2D eigenvalue weighted by Crippen LogP contribution is -2.55. The maximum absolute atomic E-state index is 13.6. The maximum atomic E-state index is 13.6. The van der Waals surface area contributed by atoms with Crippen LogP contribution in [0.1, 0.15) is 69.8 Å². The Hall–Kier alpha value is -4.22. The van der Waals surface area contributed by atoms with Crippen molar-refractivity contribution in [3.8, 4) is 17.3 Å². The molecule has 12 heteroatoms. The van der Waals surface area contributed by atoms with Crippen LogP contribution in [-0.2, 0) is 14.3 Å². The molecule has 1 saturated heterocycles. The third-order valence-electron chi connectivity index (χ3n) is 7.08. The first-order valence-corrected chi connectivity index (χ1v) is 14.4. The Balaban J connectivity index is 1.55. The van der Waals surface area contributed by atoms with E-state index in [4.69, 9.17) is 9.47 Å². The molecule has 2 aliphatic rings. The molecule has 0 bridgehead atoms. The fourth-order valence-electron chi connectivity index (χ4n) is 4.98. The van der Waals surface area contributed by atoms with Gasteiger partial charge in [0.2, 0.25) is 11.8 Å². The van der Waals surface area contributed by atoms with E-state index in [1.54, 1.807) is 20.8 Å². The highest BCUT2D eigenvalue weighted by molar-refractivity contribution is 5.96. The second kappa shape index (κ2) is 13.6. The summed E-state index contributed by atoms with van der Waals surface area (Å²) in [5.74, 6) is -0.917. The van der Waals surface area contributed by atoms with Gasteiger partial charge in [0.25, 0.3) is 5.91 Å². The molecule has 0 radical (unpaired) electrons. The number of hydrogen-bond acceptors (Lipinski definition) is 8. The molecule has 1 aliphatic heterocycles. The van der Waals surface area contributed by atoms with Crippen LogP contribution in [-0.4, -0.2) is 92.7 Å². The van der Waals surface area contributed by atoms with Crippen LogP contribution in [0, 0.1) is 0 Å². The summed E-state index contributed by atoms with van der Waals surface area (Å²) in [5, 5.41) is 12.0. The highest BCUT2D eigenvalue weighted by atomic mass is 16.6. The Bertz CT molecular complexity index is 1270. The molecule has 1 atom stereocenters. The minimum atomic E-state index is -1.06.